The van der Waals surface area contributed by atoms with Crippen molar-refractivity contribution >= 4 is 22.6 Å². The van der Waals surface area contributed by atoms with Gasteiger partial charge in [-0.3, -0.25) is 0 Å². The lowest BCUT2D eigenvalue weighted by atomic mass is 9.93. The van der Waals surface area contributed by atoms with Crippen molar-refractivity contribution < 1.29 is 4.39 Å². The minimum atomic E-state index is -0.394. The van der Waals surface area contributed by atoms with Crippen LogP contribution in [0.5, 0.6) is 0 Å². The van der Waals surface area contributed by atoms with Crippen LogP contribution in [0.2, 0.25) is 0 Å². The third-order valence-electron chi connectivity index (χ3n) is 2.20. The summed E-state index contributed by atoms with van der Waals surface area (Å²) in [5, 5.41) is 0. The Labute approximate surface area is 98.3 Å². The van der Waals surface area contributed by atoms with Crippen molar-refractivity contribution in [2.75, 3.05) is 0 Å². The van der Waals surface area contributed by atoms with E-state index in [1.54, 1.807) is 6.20 Å². The number of halogens is 2. The molecule has 1 heterocycles. The largest absolute Gasteiger partial charge is 0.228 e. The quantitative estimate of drug-likeness (QED) is 0.608. The van der Waals surface area contributed by atoms with Crippen molar-refractivity contribution in [2.24, 2.45) is 5.92 Å². The summed E-state index contributed by atoms with van der Waals surface area (Å²) in [6, 6.07) is 1.49. The maximum atomic E-state index is 12.8. The predicted octanol–water partition coefficient (Wildman–Crippen LogP) is 3.97. The van der Waals surface area contributed by atoms with Gasteiger partial charge in [-0.1, -0.05) is 20.8 Å². The normalized spacial score (nSPS) is 13.3. The number of hydrogen-bond acceptors (Lipinski definition) is 1. The van der Waals surface area contributed by atoms with Gasteiger partial charge in [0.15, 0.2) is 0 Å². The van der Waals surface area contributed by atoms with E-state index in [1.165, 1.54) is 6.07 Å². The van der Waals surface area contributed by atoms with Gasteiger partial charge in [-0.2, -0.15) is 4.39 Å². The van der Waals surface area contributed by atoms with Crippen LogP contribution in [-0.2, 0) is 0 Å². The molecule has 0 amide bonds. The molecular formula is C11H15FIN. The molecule has 0 aromatic carbocycles. The van der Waals surface area contributed by atoms with Crippen molar-refractivity contribution in [1.29, 1.82) is 0 Å². The number of pyridine rings is 1. The third-order valence-corrected chi connectivity index (χ3v) is 3.14. The highest BCUT2D eigenvalue weighted by molar-refractivity contribution is 14.1. The van der Waals surface area contributed by atoms with E-state index in [2.05, 4.69) is 48.3 Å². The van der Waals surface area contributed by atoms with Crippen molar-refractivity contribution in [1.82, 2.24) is 4.98 Å². The Balaban J connectivity index is 2.84. The van der Waals surface area contributed by atoms with E-state index in [4.69, 9.17) is 0 Å². The minimum Gasteiger partial charge on any atom is -0.228 e. The van der Waals surface area contributed by atoms with Gasteiger partial charge in [-0.15, -0.1) is 0 Å². The van der Waals surface area contributed by atoms with Crippen LogP contribution in [0.1, 0.15) is 38.7 Å². The zero-order valence-corrected chi connectivity index (χ0v) is 10.9. The molecule has 1 atom stereocenters. The second-order valence-corrected chi connectivity index (χ2v) is 5.22. The molecule has 0 aliphatic carbocycles. The molecule has 0 saturated carbocycles. The maximum Gasteiger partial charge on any atom is 0.213 e. The molecule has 0 aliphatic heterocycles. The molecule has 1 aromatic rings. The summed E-state index contributed by atoms with van der Waals surface area (Å²) in [7, 11) is 0. The number of rotatable bonds is 3. The highest BCUT2D eigenvalue weighted by Gasteiger charge is 2.12. The van der Waals surface area contributed by atoms with Crippen LogP contribution in [-0.4, -0.2) is 4.98 Å². The molecule has 0 radical (unpaired) electrons. The van der Waals surface area contributed by atoms with E-state index < -0.39 is 5.95 Å². The first-order valence-corrected chi connectivity index (χ1v) is 5.89. The lowest BCUT2D eigenvalue weighted by Gasteiger charge is -2.15. The highest BCUT2D eigenvalue weighted by Crippen LogP contribution is 2.26. The Hall–Kier alpha value is -0.190. The molecule has 0 spiro atoms. The van der Waals surface area contributed by atoms with E-state index in [1.807, 2.05) is 0 Å². The van der Waals surface area contributed by atoms with Crippen LogP contribution in [0.25, 0.3) is 0 Å². The summed E-state index contributed by atoms with van der Waals surface area (Å²) >= 11 is 2.17. The molecule has 0 N–H and O–H groups in total. The average molecular weight is 307 g/mol. The molecule has 1 unspecified atom stereocenters. The molecule has 1 nitrogen and oxygen atoms in total. The Morgan fingerprint density at radius 1 is 1.43 bits per heavy atom. The summed E-state index contributed by atoms with van der Waals surface area (Å²) in [5.74, 6) is 0.718. The highest BCUT2D eigenvalue weighted by atomic mass is 127. The molecular weight excluding hydrogens is 292 g/mol. The van der Waals surface area contributed by atoms with Gasteiger partial charge < -0.3 is 0 Å². The minimum absolute atomic E-state index is 0.394. The van der Waals surface area contributed by atoms with E-state index >= 15 is 0 Å². The van der Waals surface area contributed by atoms with Crippen LogP contribution in [0.3, 0.4) is 0 Å². The number of hydrogen-bond donors (Lipinski definition) is 0. The zero-order valence-electron chi connectivity index (χ0n) is 8.72. The molecule has 0 saturated heterocycles. The summed E-state index contributed by atoms with van der Waals surface area (Å²) in [4.78, 5) is 3.70. The molecule has 0 aliphatic rings. The molecule has 78 valence electrons. The molecule has 1 rings (SSSR count). The number of aromatic nitrogens is 1. The zero-order chi connectivity index (χ0) is 10.7. The summed E-state index contributed by atoms with van der Waals surface area (Å²) in [6.07, 6.45) is 2.77. The van der Waals surface area contributed by atoms with Gasteiger partial charge in [-0.05, 0) is 46.4 Å². The van der Waals surface area contributed by atoms with Crippen LogP contribution in [0, 0.1) is 15.4 Å². The van der Waals surface area contributed by atoms with Gasteiger partial charge in [0.05, 0.1) is 0 Å². The summed E-state index contributed by atoms with van der Waals surface area (Å²) in [6.45, 7) is 6.55. The molecule has 14 heavy (non-hydrogen) atoms. The van der Waals surface area contributed by atoms with Gasteiger partial charge in [-0.25, -0.2) is 4.98 Å². The van der Waals surface area contributed by atoms with Crippen molar-refractivity contribution in [3.8, 4) is 0 Å². The Kier molecular flexibility index (Phi) is 4.29. The topological polar surface area (TPSA) is 12.9 Å². The SMILES string of the molecule is CC(C)CC(C)c1cnc(F)cc1I. The monoisotopic (exact) mass is 307 g/mol. The summed E-state index contributed by atoms with van der Waals surface area (Å²) < 4.78 is 13.7. The fraction of sp³-hybridized carbons (Fsp3) is 0.545. The lowest BCUT2D eigenvalue weighted by Crippen LogP contribution is -2.02. The first-order chi connectivity index (χ1) is 6.50. The van der Waals surface area contributed by atoms with E-state index in [9.17, 15) is 4.39 Å². The van der Waals surface area contributed by atoms with E-state index in [-0.39, 0.29) is 0 Å². The summed E-state index contributed by atoms with van der Waals surface area (Å²) in [5.41, 5.74) is 1.15. The van der Waals surface area contributed by atoms with Crippen molar-refractivity contribution in [3.63, 3.8) is 0 Å². The second kappa shape index (κ2) is 5.05. The van der Waals surface area contributed by atoms with Gasteiger partial charge in [0.2, 0.25) is 5.95 Å². The van der Waals surface area contributed by atoms with Crippen LogP contribution < -0.4 is 0 Å². The Bertz CT molecular complexity index is 312. The van der Waals surface area contributed by atoms with Gasteiger partial charge in [0.25, 0.3) is 0 Å². The van der Waals surface area contributed by atoms with Crippen molar-refractivity contribution in [3.05, 3.63) is 27.3 Å². The predicted molar refractivity (Wildman–Crippen MR) is 64.8 cm³/mol. The first-order valence-electron chi connectivity index (χ1n) is 4.81. The maximum absolute atomic E-state index is 12.8. The van der Waals surface area contributed by atoms with Crippen LogP contribution >= 0.6 is 22.6 Å². The standard InChI is InChI=1S/C11H15FIN/c1-7(2)4-8(3)9-6-14-11(12)5-10(9)13/h5-8H,4H2,1-3H3. The fourth-order valence-electron chi connectivity index (χ4n) is 1.61. The Morgan fingerprint density at radius 3 is 2.57 bits per heavy atom. The molecule has 3 heteroatoms. The van der Waals surface area contributed by atoms with Crippen molar-refractivity contribution in [2.45, 2.75) is 33.1 Å². The third kappa shape index (κ3) is 3.19. The number of nitrogens with zero attached hydrogens (tertiary/aromatic N) is 1. The molecule has 1 aromatic heterocycles. The smallest absolute Gasteiger partial charge is 0.213 e. The van der Waals surface area contributed by atoms with Gasteiger partial charge in [0.1, 0.15) is 0 Å². The fourth-order valence-corrected chi connectivity index (χ4v) is 2.54. The average Bonchev–Trinajstić information content (AvgIpc) is 2.01. The first kappa shape index (κ1) is 11.9. The lowest BCUT2D eigenvalue weighted by molar-refractivity contribution is 0.517. The Morgan fingerprint density at radius 2 is 2.07 bits per heavy atom. The van der Waals surface area contributed by atoms with Gasteiger partial charge >= 0.3 is 0 Å². The van der Waals surface area contributed by atoms with Crippen LogP contribution in [0.15, 0.2) is 12.3 Å². The van der Waals surface area contributed by atoms with Gasteiger partial charge in [0, 0.05) is 15.8 Å². The molecule has 0 fully saturated rings. The van der Waals surface area contributed by atoms with E-state index in [0.29, 0.717) is 11.8 Å². The van der Waals surface area contributed by atoms with E-state index in [0.717, 1.165) is 15.6 Å². The van der Waals surface area contributed by atoms with Crippen LogP contribution in [0.4, 0.5) is 4.39 Å². The molecule has 0 bridgehead atoms. The second-order valence-electron chi connectivity index (χ2n) is 4.06.